The Balaban J connectivity index is 1.51. The number of hydrogen-bond donors (Lipinski definition) is 1. The number of nitrogens with zero attached hydrogens (tertiary/aromatic N) is 1. The number of sulfonamides is 1. The van der Waals surface area contributed by atoms with Crippen molar-refractivity contribution in [2.24, 2.45) is 0 Å². The van der Waals surface area contributed by atoms with E-state index in [0.29, 0.717) is 22.4 Å². The second kappa shape index (κ2) is 7.46. The second-order valence-corrected chi connectivity index (χ2v) is 9.10. The van der Waals surface area contributed by atoms with E-state index >= 15 is 0 Å². The maximum Gasteiger partial charge on any atom is 0.261 e. The van der Waals surface area contributed by atoms with Crippen LogP contribution in [0.25, 0.3) is 0 Å². The molecule has 0 aliphatic carbocycles. The molecule has 6 nitrogen and oxygen atoms in total. The largest absolute Gasteiger partial charge is 0.280 e. The Bertz CT molecular complexity index is 1190. The molecule has 0 atom stereocenters. The molecule has 3 aromatic carbocycles. The normalized spacial score (nSPS) is 13.5. The van der Waals surface area contributed by atoms with E-state index in [-0.39, 0.29) is 23.3 Å². The first-order chi connectivity index (χ1) is 13.8. The third-order valence-electron chi connectivity index (χ3n) is 4.53. The van der Waals surface area contributed by atoms with E-state index in [4.69, 9.17) is 0 Å². The van der Waals surface area contributed by atoms with Crippen molar-refractivity contribution in [1.82, 2.24) is 4.90 Å². The lowest BCUT2D eigenvalue weighted by Gasteiger charge is -2.14. The van der Waals surface area contributed by atoms with Crippen LogP contribution >= 0.6 is 15.9 Å². The third kappa shape index (κ3) is 3.81. The summed E-state index contributed by atoms with van der Waals surface area (Å²) < 4.78 is 28.4. The van der Waals surface area contributed by atoms with E-state index in [1.54, 1.807) is 60.7 Å². The summed E-state index contributed by atoms with van der Waals surface area (Å²) in [4.78, 5) is 26.2. The van der Waals surface area contributed by atoms with E-state index in [0.717, 1.165) is 9.37 Å². The molecule has 0 fully saturated rings. The molecule has 0 radical (unpaired) electrons. The molecule has 1 N–H and O–H groups in total. The molecule has 8 heteroatoms. The van der Waals surface area contributed by atoms with E-state index in [9.17, 15) is 18.0 Å². The number of hydrogen-bond acceptors (Lipinski definition) is 4. The Hall–Kier alpha value is -2.97. The first-order valence-electron chi connectivity index (χ1n) is 8.68. The highest BCUT2D eigenvalue weighted by molar-refractivity contribution is 9.10. The van der Waals surface area contributed by atoms with Gasteiger partial charge in [0.1, 0.15) is 0 Å². The topological polar surface area (TPSA) is 83.6 Å². The molecule has 3 aromatic rings. The summed E-state index contributed by atoms with van der Waals surface area (Å²) in [6.07, 6.45) is 0. The molecule has 0 spiro atoms. The summed E-state index contributed by atoms with van der Waals surface area (Å²) in [5.41, 5.74) is 1.86. The molecule has 1 aliphatic heterocycles. The molecule has 2 amide bonds. The molecule has 4 rings (SSSR count). The standard InChI is InChI=1S/C21H15BrN2O4S/c22-15-4-3-5-16(12-15)23-29(27,28)17-10-8-14(9-11-17)13-24-20(25)18-6-1-2-7-19(18)21(24)26/h1-12,23H,13H2. The van der Waals surface area contributed by atoms with Crippen molar-refractivity contribution in [2.75, 3.05) is 4.72 Å². The van der Waals surface area contributed by atoms with Crippen LogP contribution in [0.5, 0.6) is 0 Å². The van der Waals surface area contributed by atoms with Crippen molar-refractivity contribution < 1.29 is 18.0 Å². The SMILES string of the molecule is O=C1c2ccccc2C(=O)N1Cc1ccc(S(=O)(=O)Nc2cccc(Br)c2)cc1. The summed E-state index contributed by atoms with van der Waals surface area (Å²) >= 11 is 3.30. The highest BCUT2D eigenvalue weighted by Crippen LogP contribution is 2.25. The van der Waals surface area contributed by atoms with Gasteiger partial charge in [0.05, 0.1) is 22.6 Å². The van der Waals surface area contributed by atoms with Crippen LogP contribution in [0.4, 0.5) is 5.69 Å². The van der Waals surface area contributed by atoms with Crippen LogP contribution in [0.15, 0.2) is 82.2 Å². The molecule has 0 saturated carbocycles. The fourth-order valence-electron chi connectivity index (χ4n) is 3.11. The van der Waals surface area contributed by atoms with Crippen LogP contribution in [0.1, 0.15) is 26.3 Å². The number of imide groups is 1. The Labute approximate surface area is 176 Å². The number of halogens is 1. The monoisotopic (exact) mass is 470 g/mol. The minimum atomic E-state index is -3.76. The van der Waals surface area contributed by atoms with Gasteiger partial charge in [-0.3, -0.25) is 19.2 Å². The first-order valence-corrected chi connectivity index (χ1v) is 11.0. The Morgan fingerprint density at radius 1 is 0.828 bits per heavy atom. The molecule has 29 heavy (non-hydrogen) atoms. The average Bonchev–Trinajstić information content (AvgIpc) is 2.93. The number of carbonyl (C=O) groups is 2. The molecule has 146 valence electrons. The van der Waals surface area contributed by atoms with Gasteiger partial charge in [0.15, 0.2) is 0 Å². The van der Waals surface area contributed by atoms with Gasteiger partial charge in [-0.15, -0.1) is 0 Å². The maximum atomic E-state index is 12.6. The van der Waals surface area contributed by atoms with Gasteiger partial charge in [-0.05, 0) is 48.0 Å². The molecule has 0 unspecified atom stereocenters. The van der Waals surface area contributed by atoms with Crippen LogP contribution in [-0.2, 0) is 16.6 Å². The van der Waals surface area contributed by atoms with Gasteiger partial charge in [0.25, 0.3) is 21.8 Å². The highest BCUT2D eigenvalue weighted by Gasteiger charge is 2.34. The molecule has 0 bridgehead atoms. The Kier molecular flexibility index (Phi) is 4.97. The zero-order chi connectivity index (χ0) is 20.6. The minimum Gasteiger partial charge on any atom is -0.280 e. The molecule has 1 heterocycles. The van der Waals surface area contributed by atoms with Crippen LogP contribution in [0, 0.1) is 0 Å². The fourth-order valence-corrected chi connectivity index (χ4v) is 4.55. The number of amides is 2. The van der Waals surface area contributed by atoms with E-state index in [1.807, 2.05) is 0 Å². The number of rotatable bonds is 5. The minimum absolute atomic E-state index is 0.0751. The van der Waals surface area contributed by atoms with Crippen molar-refractivity contribution in [1.29, 1.82) is 0 Å². The predicted octanol–water partition coefficient (Wildman–Crippen LogP) is 4.05. The van der Waals surface area contributed by atoms with Gasteiger partial charge in [-0.2, -0.15) is 0 Å². The number of carbonyl (C=O) groups excluding carboxylic acids is 2. The zero-order valence-electron chi connectivity index (χ0n) is 15.0. The lowest BCUT2D eigenvalue weighted by molar-refractivity contribution is 0.0642. The fraction of sp³-hybridized carbons (Fsp3) is 0.0476. The summed E-state index contributed by atoms with van der Waals surface area (Å²) in [7, 11) is -3.76. The predicted molar refractivity (Wildman–Crippen MR) is 112 cm³/mol. The smallest absolute Gasteiger partial charge is 0.261 e. The van der Waals surface area contributed by atoms with E-state index in [1.165, 1.54) is 12.1 Å². The number of fused-ring (bicyclic) bond motifs is 1. The summed E-state index contributed by atoms with van der Waals surface area (Å²) in [6, 6.07) is 19.6. The Morgan fingerprint density at radius 3 is 2.03 bits per heavy atom. The van der Waals surface area contributed by atoms with Crippen molar-refractivity contribution in [3.8, 4) is 0 Å². The lowest BCUT2D eigenvalue weighted by atomic mass is 10.1. The lowest BCUT2D eigenvalue weighted by Crippen LogP contribution is -2.29. The molecule has 0 saturated heterocycles. The van der Waals surface area contributed by atoms with Gasteiger partial charge >= 0.3 is 0 Å². The second-order valence-electron chi connectivity index (χ2n) is 6.50. The zero-order valence-corrected chi connectivity index (χ0v) is 17.4. The molecule has 1 aliphatic rings. The van der Waals surface area contributed by atoms with Gasteiger partial charge in [0, 0.05) is 10.2 Å². The summed E-state index contributed by atoms with van der Waals surface area (Å²) in [5, 5.41) is 0. The van der Waals surface area contributed by atoms with E-state index < -0.39 is 10.0 Å². The summed E-state index contributed by atoms with van der Waals surface area (Å²) in [5.74, 6) is -0.697. The van der Waals surface area contributed by atoms with Gasteiger partial charge < -0.3 is 0 Å². The van der Waals surface area contributed by atoms with Crippen molar-refractivity contribution in [3.05, 3.63) is 94.0 Å². The first kappa shape index (κ1) is 19.4. The summed E-state index contributed by atoms with van der Waals surface area (Å²) in [6.45, 7) is 0.0751. The van der Waals surface area contributed by atoms with Crippen LogP contribution in [-0.4, -0.2) is 25.1 Å². The van der Waals surface area contributed by atoms with Crippen LogP contribution in [0.3, 0.4) is 0 Å². The molecular weight excluding hydrogens is 456 g/mol. The Morgan fingerprint density at radius 2 is 1.45 bits per heavy atom. The van der Waals surface area contributed by atoms with Crippen molar-refractivity contribution >= 4 is 43.5 Å². The maximum absolute atomic E-state index is 12.6. The molecular formula is C21H15BrN2O4S. The quantitative estimate of drug-likeness (QED) is 0.570. The van der Waals surface area contributed by atoms with Crippen molar-refractivity contribution in [2.45, 2.75) is 11.4 Å². The van der Waals surface area contributed by atoms with E-state index in [2.05, 4.69) is 20.7 Å². The van der Waals surface area contributed by atoms with Crippen LogP contribution < -0.4 is 4.72 Å². The van der Waals surface area contributed by atoms with Gasteiger partial charge in [-0.25, -0.2) is 8.42 Å². The van der Waals surface area contributed by atoms with Gasteiger partial charge in [-0.1, -0.05) is 46.3 Å². The number of anilines is 1. The van der Waals surface area contributed by atoms with Crippen molar-refractivity contribution in [3.63, 3.8) is 0 Å². The van der Waals surface area contributed by atoms with Crippen LogP contribution in [0.2, 0.25) is 0 Å². The molecule has 0 aromatic heterocycles. The highest BCUT2D eigenvalue weighted by atomic mass is 79.9. The number of nitrogens with one attached hydrogen (secondary N) is 1. The van der Waals surface area contributed by atoms with Gasteiger partial charge in [0.2, 0.25) is 0 Å². The average molecular weight is 471 g/mol. The third-order valence-corrected chi connectivity index (χ3v) is 6.42. The number of benzene rings is 3.